The number of carbonyl (C=O) groups excluding carboxylic acids is 2. The number of hydroxylamine groups is 1. The Balaban J connectivity index is 2.19. The van der Waals surface area contributed by atoms with Gasteiger partial charge in [0, 0.05) is 0 Å². The molecule has 0 aliphatic carbocycles. The molecule has 18 heavy (non-hydrogen) atoms. The minimum Gasteiger partial charge on any atom is -0.447 e. The third kappa shape index (κ3) is 5.74. The largest absolute Gasteiger partial charge is 0.539 e. The van der Waals surface area contributed by atoms with E-state index in [1.54, 1.807) is 30.3 Å². The average molecular weight is 253 g/mol. The van der Waals surface area contributed by atoms with Gasteiger partial charge in [-0.1, -0.05) is 31.5 Å². The van der Waals surface area contributed by atoms with E-state index in [0.29, 0.717) is 5.75 Å². The van der Waals surface area contributed by atoms with Crippen LogP contribution >= 0.6 is 0 Å². The lowest BCUT2D eigenvalue weighted by Gasteiger charge is -2.06. The molecule has 6 heteroatoms. The lowest BCUT2D eigenvalue weighted by molar-refractivity contribution is 0.0381. The number of ether oxygens (including phenoxy) is 2. The van der Waals surface area contributed by atoms with E-state index in [0.717, 1.165) is 12.8 Å². The molecule has 0 atom stereocenters. The van der Waals surface area contributed by atoms with Crippen molar-refractivity contribution < 1.29 is 23.9 Å². The van der Waals surface area contributed by atoms with E-state index in [4.69, 9.17) is 9.47 Å². The molecule has 1 N–H and O–H groups in total. The molecule has 1 aromatic carbocycles. The first-order valence-corrected chi connectivity index (χ1v) is 5.59. The fraction of sp³-hybridized carbons (Fsp3) is 0.333. The molecule has 0 spiro atoms. The summed E-state index contributed by atoms with van der Waals surface area (Å²) in [6.45, 7) is 2.24. The number of unbranched alkanes of at least 4 members (excludes halogenated alkanes) is 1. The second-order valence-corrected chi connectivity index (χ2v) is 3.36. The molecule has 0 fully saturated rings. The molecule has 0 aliphatic heterocycles. The summed E-state index contributed by atoms with van der Waals surface area (Å²) < 4.78 is 9.46. The second-order valence-electron chi connectivity index (χ2n) is 3.36. The van der Waals surface area contributed by atoms with Gasteiger partial charge in [-0.2, -0.15) is 0 Å². The number of nitrogens with one attached hydrogen (secondary N) is 1. The van der Waals surface area contributed by atoms with Crippen molar-refractivity contribution in [3.8, 4) is 5.75 Å². The molecule has 0 radical (unpaired) electrons. The molecule has 98 valence electrons. The van der Waals surface area contributed by atoms with Crippen molar-refractivity contribution in [3.05, 3.63) is 30.3 Å². The van der Waals surface area contributed by atoms with E-state index in [1.807, 2.05) is 12.4 Å². The van der Waals surface area contributed by atoms with Gasteiger partial charge >= 0.3 is 12.2 Å². The van der Waals surface area contributed by atoms with Crippen LogP contribution in [0.5, 0.6) is 5.75 Å². The first-order valence-electron chi connectivity index (χ1n) is 5.59. The molecule has 0 unspecified atom stereocenters. The molecule has 0 bridgehead atoms. The van der Waals surface area contributed by atoms with Gasteiger partial charge in [-0.25, -0.2) is 9.59 Å². The summed E-state index contributed by atoms with van der Waals surface area (Å²) in [6.07, 6.45) is -0.200. The summed E-state index contributed by atoms with van der Waals surface area (Å²) in [5.74, 6) is 0.323. The predicted molar refractivity (Wildman–Crippen MR) is 62.9 cm³/mol. The molecule has 0 saturated heterocycles. The number of carbonyl (C=O) groups is 2. The summed E-state index contributed by atoms with van der Waals surface area (Å²) >= 11 is 0. The first-order chi connectivity index (χ1) is 8.72. The number of hydrogen-bond donors (Lipinski definition) is 1. The monoisotopic (exact) mass is 253 g/mol. The number of rotatable bonds is 4. The molecular formula is C12H15NO5. The van der Waals surface area contributed by atoms with Crippen molar-refractivity contribution >= 4 is 12.2 Å². The highest BCUT2D eigenvalue weighted by atomic mass is 16.8. The van der Waals surface area contributed by atoms with Crippen molar-refractivity contribution in [3.63, 3.8) is 0 Å². The maximum absolute atomic E-state index is 11.1. The minimum absolute atomic E-state index is 0.277. The first kappa shape index (κ1) is 13.8. The van der Waals surface area contributed by atoms with E-state index in [1.165, 1.54) is 0 Å². The highest BCUT2D eigenvalue weighted by Gasteiger charge is 2.09. The molecule has 1 rings (SSSR count). The molecule has 0 aliphatic rings. The van der Waals surface area contributed by atoms with Gasteiger partial charge in [0.2, 0.25) is 0 Å². The summed E-state index contributed by atoms with van der Waals surface area (Å²) in [4.78, 5) is 26.5. The predicted octanol–water partition coefficient (Wildman–Crippen LogP) is 2.64. The third-order valence-electron chi connectivity index (χ3n) is 1.89. The molecule has 0 aromatic heterocycles. The quantitative estimate of drug-likeness (QED) is 0.386. The average Bonchev–Trinajstić information content (AvgIpc) is 2.38. The highest BCUT2D eigenvalue weighted by Crippen LogP contribution is 2.08. The van der Waals surface area contributed by atoms with Crippen LogP contribution in [0, 0.1) is 0 Å². The Morgan fingerprint density at radius 1 is 1.22 bits per heavy atom. The minimum atomic E-state index is -1.03. The van der Waals surface area contributed by atoms with Crippen LogP contribution in [-0.2, 0) is 9.57 Å². The summed E-state index contributed by atoms with van der Waals surface area (Å²) in [7, 11) is 0. The number of para-hydroxylation sites is 1. The van der Waals surface area contributed by atoms with E-state index in [9.17, 15) is 9.59 Å². The van der Waals surface area contributed by atoms with Gasteiger partial charge in [0.15, 0.2) is 0 Å². The Morgan fingerprint density at radius 3 is 2.61 bits per heavy atom. The van der Waals surface area contributed by atoms with E-state index < -0.39 is 12.2 Å². The number of hydrogen-bond acceptors (Lipinski definition) is 5. The van der Waals surface area contributed by atoms with Crippen LogP contribution in [0.1, 0.15) is 19.8 Å². The summed E-state index contributed by atoms with van der Waals surface area (Å²) in [5.41, 5.74) is 1.83. The summed E-state index contributed by atoms with van der Waals surface area (Å²) in [6, 6.07) is 8.35. The smallest absolute Gasteiger partial charge is 0.447 e. The van der Waals surface area contributed by atoms with Crippen molar-refractivity contribution in [1.82, 2.24) is 5.48 Å². The zero-order valence-corrected chi connectivity index (χ0v) is 10.0. The number of benzene rings is 1. The fourth-order valence-electron chi connectivity index (χ4n) is 1.03. The van der Waals surface area contributed by atoms with E-state index in [2.05, 4.69) is 4.84 Å². The molecule has 6 nitrogen and oxygen atoms in total. The standard InChI is InChI=1S/C12H15NO5/c1-2-3-9-16-11(14)13-18-12(15)17-10-7-5-4-6-8-10/h4-8H,2-3,9H2,1H3,(H,13,14). The van der Waals surface area contributed by atoms with E-state index >= 15 is 0 Å². The van der Waals surface area contributed by atoms with Crippen LogP contribution in [0.4, 0.5) is 9.59 Å². The van der Waals surface area contributed by atoms with Crippen LogP contribution in [0.15, 0.2) is 30.3 Å². The Kier molecular flexibility index (Phi) is 6.10. The van der Waals surface area contributed by atoms with Crippen molar-refractivity contribution in [2.24, 2.45) is 0 Å². The molecule has 1 amide bonds. The fourth-order valence-corrected chi connectivity index (χ4v) is 1.03. The Labute approximate surface area is 105 Å². The maximum Gasteiger partial charge on any atom is 0.539 e. The SMILES string of the molecule is CCCCOC(=O)NOC(=O)Oc1ccccc1. The van der Waals surface area contributed by atoms with Crippen LogP contribution in [0.2, 0.25) is 0 Å². The van der Waals surface area contributed by atoms with Crippen LogP contribution in [-0.4, -0.2) is 18.9 Å². The van der Waals surface area contributed by atoms with Crippen LogP contribution < -0.4 is 10.2 Å². The third-order valence-corrected chi connectivity index (χ3v) is 1.89. The normalized spacial score (nSPS) is 9.39. The highest BCUT2D eigenvalue weighted by molar-refractivity contribution is 5.70. The van der Waals surface area contributed by atoms with Crippen molar-refractivity contribution in [2.45, 2.75) is 19.8 Å². The van der Waals surface area contributed by atoms with Crippen molar-refractivity contribution in [1.29, 1.82) is 0 Å². The lowest BCUT2D eigenvalue weighted by atomic mass is 10.3. The Morgan fingerprint density at radius 2 is 1.94 bits per heavy atom. The van der Waals surface area contributed by atoms with Gasteiger partial charge < -0.3 is 14.3 Å². The van der Waals surface area contributed by atoms with Crippen LogP contribution in [0.3, 0.4) is 0 Å². The maximum atomic E-state index is 11.1. The van der Waals surface area contributed by atoms with Gasteiger partial charge in [0.25, 0.3) is 0 Å². The Bertz CT molecular complexity index is 379. The van der Waals surface area contributed by atoms with Crippen LogP contribution in [0.25, 0.3) is 0 Å². The van der Waals surface area contributed by atoms with Gasteiger partial charge in [0.05, 0.1) is 6.61 Å². The second kappa shape index (κ2) is 7.94. The van der Waals surface area contributed by atoms with Crippen molar-refractivity contribution in [2.75, 3.05) is 6.61 Å². The topological polar surface area (TPSA) is 73.9 Å². The van der Waals surface area contributed by atoms with Gasteiger partial charge in [0.1, 0.15) is 5.75 Å². The summed E-state index contributed by atoms with van der Waals surface area (Å²) in [5, 5.41) is 0. The lowest BCUT2D eigenvalue weighted by Crippen LogP contribution is -2.29. The molecular weight excluding hydrogens is 238 g/mol. The Hall–Kier alpha value is -2.24. The zero-order chi connectivity index (χ0) is 13.2. The van der Waals surface area contributed by atoms with E-state index in [-0.39, 0.29) is 6.61 Å². The zero-order valence-electron chi connectivity index (χ0n) is 10.0. The molecule has 0 heterocycles. The van der Waals surface area contributed by atoms with Gasteiger partial charge in [-0.15, -0.1) is 5.48 Å². The molecule has 1 aromatic rings. The van der Waals surface area contributed by atoms with Gasteiger partial charge in [-0.3, -0.25) is 0 Å². The molecule has 0 saturated carbocycles. The van der Waals surface area contributed by atoms with Gasteiger partial charge in [-0.05, 0) is 18.6 Å². The number of amides is 1.